The van der Waals surface area contributed by atoms with Crippen LogP contribution in [0.3, 0.4) is 0 Å². The van der Waals surface area contributed by atoms with Crippen LogP contribution < -0.4 is 19.5 Å². The summed E-state index contributed by atoms with van der Waals surface area (Å²) >= 11 is 0. The SMILES string of the molecule is C=C(NS(=O)(=O)OC1(C)CC1)[C@@]1(NC(=O)[C@@H]2C[C@@H](Oc3nccc4cc(OC)ccc34)CN2C(=O)OC(C)(C)C)C[C@H]1CC. The standard InChI is InChI=1S/C31H42N4O8S/c1-8-21-17-31(21,19(2)34-44(38,39)43-30(6)12-13-30)33-26(36)25-16-23(18-35(25)28(37)42-29(3,4)5)41-27-24-10-9-22(40-7)15-20(24)11-14-32-27/h9-11,14-15,21,23,25,34H,2,8,12-13,16-18H2,1,3-7H3,(H,33,36)/t21-,23-,25+,31+/m1/s1. The summed E-state index contributed by atoms with van der Waals surface area (Å²) in [6.07, 6.45) is 3.06. The summed E-state index contributed by atoms with van der Waals surface area (Å²) in [6, 6.07) is 6.44. The number of benzene rings is 1. The van der Waals surface area contributed by atoms with Crippen LogP contribution in [-0.2, 0) is 24.0 Å². The van der Waals surface area contributed by atoms with E-state index in [2.05, 4.69) is 21.6 Å². The number of aromatic nitrogens is 1. The zero-order chi connectivity index (χ0) is 32.1. The normalized spacial score (nSPS) is 25.7. The molecule has 1 saturated heterocycles. The molecule has 1 aromatic carbocycles. The van der Waals surface area contributed by atoms with Gasteiger partial charge in [-0.05, 0) is 82.5 Å². The minimum atomic E-state index is -4.14. The Bertz CT molecular complexity index is 1570. The summed E-state index contributed by atoms with van der Waals surface area (Å²) in [5.41, 5.74) is -2.38. The molecular formula is C31H42N4O8S. The van der Waals surface area contributed by atoms with Crippen molar-refractivity contribution in [1.29, 1.82) is 0 Å². The van der Waals surface area contributed by atoms with Gasteiger partial charge in [-0.3, -0.25) is 14.4 Å². The lowest BCUT2D eigenvalue weighted by Crippen LogP contribution is -2.53. The molecule has 3 aliphatic rings. The Kier molecular flexibility index (Phi) is 8.25. The lowest BCUT2D eigenvalue weighted by atomic mass is 10.1. The Labute approximate surface area is 258 Å². The van der Waals surface area contributed by atoms with E-state index in [0.717, 1.165) is 10.8 Å². The minimum Gasteiger partial charge on any atom is -0.497 e. The number of carbonyl (C=O) groups is 2. The van der Waals surface area contributed by atoms with Crippen molar-refractivity contribution in [2.45, 2.75) is 95.6 Å². The summed E-state index contributed by atoms with van der Waals surface area (Å²) in [5, 5.41) is 4.66. The largest absolute Gasteiger partial charge is 0.497 e. The number of carbonyl (C=O) groups excluding carboxylic acids is 2. The molecule has 5 rings (SSSR count). The smallest absolute Gasteiger partial charge is 0.411 e. The zero-order valence-corrected chi connectivity index (χ0v) is 27.0. The van der Waals surface area contributed by atoms with Crippen molar-refractivity contribution in [2.24, 2.45) is 5.92 Å². The Morgan fingerprint density at radius 3 is 2.55 bits per heavy atom. The lowest BCUT2D eigenvalue weighted by molar-refractivity contribution is -0.126. The number of fused-ring (bicyclic) bond motifs is 1. The van der Waals surface area contributed by atoms with E-state index in [1.165, 1.54) is 4.90 Å². The molecule has 1 aliphatic heterocycles. The number of hydrogen-bond donors (Lipinski definition) is 2. The fourth-order valence-electron chi connectivity index (χ4n) is 5.67. The maximum absolute atomic E-state index is 13.9. The van der Waals surface area contributed by atoms with Crippen LogP contribution in [-0.4, -0.2) is 72.8 Å². The van der Waals surface area contributed by atoms with Gasteiger partial charge < -0.3 is 19.5 Å². The zero-order valence-electron chi connectivity index (χ0n) is 26.1. The molecule has 2 aromatic rings. The van der Waals surface area contributed by atoms with Gasteiger partial charge in [0, 0.05) is 23.7 Å². The van der Waals surface area contributed by atoms with E-state index in [-0.39, 0.29) is 24.6 Å². The van der Waals surface area contributed by atoms with E-state index < -0.39 is 51.2 Å². The number of ether oxygens (including phenoxy) is 3. The Balaban J connectivity index is 1.35. The maximum atomic E-state index is 13.9. The molecule has 0 radical (unpaired) electrons. The highest BCUT2D eigenvalue weighted by Gasteiger charge is 2.59. The van der Waals surface area contributed by atoms with E-state index >= 15 is 0 Å². The van der Waals surface area contributed by atoms with E-state index in [1.807, 2.05) is 31.2 Å². The molecule has 2 amide bonds. The van der Waals surface area contributed by atoms with Gasteiger partial charge in [0.15, 0.2) is 0 Å². The summed E-state index contributed by atoms with van der Waals surface area (Å²) in [5.74, 6) is 0.569. The van der Waals surface area contributed by atoms with Crippen LogP contribution in [0, 0.1) is 5.92 Å². The first-order valence-electron chi connectivity index (χ1n) is 14.9. The van der Waals surface area contributed by atoms with Gasteiger partial charge in [-0.1, -0.05) is 19.9 Å². The number of pyridine rings is 1. The number of methoxy groups -OCH3 is 1. The topological polar surface area (TPSA) is 145 Å². The van der Waals surface area contributed by atoms with Crippen LogP contribution in [0.1, 0.15) is 66.7 Å². The monoisotopic (exact) mass is 630 g/mol. The molecule has 0 spiro atoms. The first-order chi connectivity index (χ1) is 20.6. The van der Waals surface area contributed by atoms with E-state index in [1.54, 1.807) is 41.0 Å². The van der Waals surface area contributed by atoms with Crippen LogP contribution in [0.25, 0.3) is 10.8 Å². The molecule has 44 heavy (non-hydrogen) atoms. The third-order valence-electron chi connectivity index (χ3n) is 8.40. The van der Waals surface area contributed by atoms with Crippen LogP contribution in [0.2, 0.25) is 0 Å². The highest BCUT2D eigenvalue weighted by molar-refractivity contribution is 7.84. The average Bonchev–Trinajstić information content (AvgIpc) is 3.79. The Morgan fingerprint density at radius 1 is 1.20 bits per heavy atom. The molecule has 4 atom stereocenters. The molecule has 0 bridgehead atoms. The van der Waals surface area contributed by atoms with Gasteiger partial charge in [0.2, 0.25) is 11.8 Å². The molecule has 0 unspecified atom stereocenters. The summed E-state index contributed by atoms with van der Waals surface area (Å²) in [6.45, 7) is 13.0. The summed E-state index contributed by atoms with van der Waals surface area (Å²) in [4.78, 5) is 33.0. The van der Waals surface area contributed by atoms with Gasteiger partial charge in [0.05, 0.1) is 24.8 Å². The fourth-order valence-corrected chi connectivity index (χ4v) is 6.89. The predicted molar refractivity (Wildman–Crippen MR) is 163 cm³/mol. The second-order valence-electron chi connectivity index (χ2n) is 13.2. The predicted octanol–water partition coefficient (Wildman–Crippen LogP) is 4.20. The molecule has 2 saturated carbocycles. The van der Waals surface area contributed by atoms with Gasteiger partial charge >= 0.3 is 16.4 Å². The molecule has 2 heterocycles. The third-order valence-corrected chi connectivity index (χ3v) is 9.52. The molecule has 12 nitrogen and oxygen atoms in total. The van der Waals surface area contributed by atoms with Gasteiger partial charge in [-0.15, -0.1) is 0 Å². The van der Waals surface area contributed by atoms with Crippen molar-refractivity contribution in [3.8, 4) is 11.6 Å². The third kappa shape index (κ3) is 6.88. The van der Waals surface area contributed by atoms with Crippen molar-refractivity contribution < 1.29 is 36.4 Å². The van der Waals surface area contributed by atoms with E-state index in [0.29, 0.717) is 37.3 Å². The van der Waals surface area contributed by atoms with Crippen molar-refractivity contribution in [3.05, 3.63) is 42.7 Å². The number of hydrogen-bond acceptors (Lipinski definition) is 9. The Morgan fingerprint density at radius 2 is 1.93 bits per heavy atom. The number of likely N-dealkylation sites (tertiary alicyclic amines) is 1. The minimum absolute atomic E-state index is 0.0431. The maximum Gasteiger partial charge on any atom is 0.411 e. The molecular weight excluding hydrogens is 588 g/mol. The first-order valence-corrected chi connectivity index (χ1v) is 16.3. The van der Waals surface area contributed by atoms with Crippen molar-refractivity contribution >= 4 is 33.1 Å². The molecule has 1 aromatic heterocycles. The molecule has 240 valence electrons. The lowest BCUT2D eigenvalue weighted by Gasteiger charge is -2.30. The average molecular weight is 631 g/mol. The second-order valence-corrected chi connectivity index (χ2v) is 14.4. The molecule has 2 N–H and O–H groups in total. The van der Waals surface area contributed by atoms with Gasteiger partial charge in [-0.25, -0.2) is 14.0 Å². The van der Waals surface area contributed by atoms with Gasteiger partial charge in [-0.2, -0.15) is 8.42 Å². The van der Waals surface area contributed by atoms with E-state index in [4.69, 9.17) is 18.4 Å². The highest BCUT2D eigenvalue weighted by atomic mass is 32.2. The number of nitrogens with zero attached hydrogens (tertiary/aromatic N) is 2. The van der Waals surface area contributed by atoms with Crippen molar-refractivity contribution in [1.82, 2.24) is 19.9 Å². The van der Waals surface area contributed by atoms with Crippen molar-refractivity contribution in [3.63, 3.8) is 0 Å². The van der Waals surface area contributed by atoms with Crippen molar-refractivity contribution in [2.75, 3.05) is 13.7 Å². The van der Waals surface area contributed by atoms with Gasteiger partial charge in [0.25, 0.3) is 0 Å². The molecule has 2 aliphatic carbocycles. The second kappa shape index (κ2) is 11.4. The summed E-state index contributed by atoms with van der Waals surface area (Å²) in [7, 11) is -2.54. The highest BCUT2D eigenvalue weighted by Crippen LogP contribution is 2.50. The molecule has 13 heteroatoms. The number of amides is 2. The van der Waals surface area contributed by atoms with Crippen LogP contribution in [0.4, 0.5) is 4.79 Å². The number of rotatable bonds is 11. The first kappa shape index (κ1) is 31.8. The van der Waals surface area contributed by atoms with Crippen LogP contribution in [0.5, 0.6) is 11.6 Å². The van der Waals surface area contributed by atoms with E-state index in [9.17, 15) is 18.0 Å². The summed E-state index contributed by atoms with van der Waals surface area (Å²) < 4.78 is 50.5. The molecule has 3 fully saturated rings. The quantitative estimate of drug-likeness (QED) is 0.373. The van der Waals surface area contributed by atoms with Gasteiger partial charge in [0.1, 0.15) is 23.5 Å². The fraction of sp³-hybridized carbons (Fsp3) is 0.581. The van der Waals surface area contributed by atoms with Crippen LogP contribution >= 0.6 is 0 Å². The Hall–Kier alpha value is -3.58. The van der Waals surface area contributed by atoms with Crippen LogP contribution in [0.15, 0.2) is 42.7 Å². The number of nitrogens with one attached hydrogen (secondary N) is 2.